The van der Waals surface area contributed by atoms with Gasteiger partial charge in [0.2, 0.25) is 0 Å². The topological polar surface area (TPSA) is 12.0 Å². The van der Waals surface area contributed by atoms with Crippen LogP contribution in [0, 0.1) is 0 Å². The average Bonchev–Trinajstić information content (AvgIpc) is 2.32. The number of benzene rings is 1. The van der Waals surface area contributed by atoms with Crippen LogP contribution in [0.1, 0.15) is 38.7 Å². The van der Waals surface area contributed by atoms with Crippen molar-refractivity contribution in [2.24, 2.45) is 0 Å². The molecule has 16 heavy (non-hydrogen) atoms. The molecule has 0 aliphatic carbocycles. The van der Waals surface area contributed by atoms with E-state index in [0.717, 1.165) is 13.1 Å². The molecule has 0 fully saturated rings. The van der Waals surface area contributed by atoms with E-state index in [4.69, 9.17) is 0 Å². The molecule has 0 unspecified atom stereocenters. The predicted octanol–water partition coefficient (Wildman–Crippen LogP) is 4.08. The maximum absolute atomic E-state index is 3.47. The SMILES string of the molecule is CCCCSc1ccccc1CNCCC. The molecule has 0 radical (unpaired) electrons. The fourth-order valence-electron chi connectivity index (χ4n) is 1.52. The van der Waals surface area contributed by atoms with Crippen LogP contribution in [-0.4, -0.2) is 12.3 Å². The van der Waals surface area contributed by atoms with Crippen LogP contribution in [0.5, 0.6) is 0 Å². The molecule has 1 nitrogen and oxygen atoms in total. The lowest BCUT2D eigenvalue weighted by molar-refractivity contribution is 0.669. The first-order chi connectivity index (χ1) is 7.88. The van der Waals surface area contributed by atoms with Crippen LogP contribution in [0.3, 0.4) is 0 Å². The molecule has 1 aromatic rings. The first-order valence-electron chi connectivity index (χ1n) is 6.30. The number of thioether (sulfide) groups is 1. The van der Waals surface area contributed by atoms with Gasteiger partial charge in [0.25, 0.3) is 0 Å². The van der Waals surface area contributed by atoms with Crippen LogP contribution in [-0.2, 0) is 6.54 Å². The first kappa shape index (κ1) is 13.6. The summed E-state index contributed by atoms with van der Waals surface area (Å²) in [6, 6.07) is 8.74. The minimum atomic E-state index is 1.00. The average molecular weight is 237 g/mol. The minimum absolute atomic E-state index is 1.00. The lowest BCUT2D eigenvalue weighted by atomic mass is 10.2. The zero-order valence-electron chi connectivity index (χ0n) is 10.5. The number of rotatable bonds is 8. The third-order valence-electron chi connectivity index (χ3n) is 2.47. The van der Waals surface area contributed by atoms with Gasteiger partial charge in [-0.1, -0.05) is 38.5 Å². The lowest BCUT2D eigenvalue weighted by Gasteiger charge is -2.09. The van der Waals surface area contributed by atoms with Crippen molar-refractivity contribution >= 4 is 11.8 Å². The summed E-state index contributed by atoms with van der Waals surface area (Å²) in [5.74, 6) is 1.24. The summed E-state index contributed by atoms with van der Waals surface area (Å²) in [5, 5.41) is 3.47. The first-order valence-corrected chi connectivity index (χ1v) is 7.28. The molecule has 0 saturated heterocycles. The molecule has 1 rings (SSSR count). The lowest BCUT2D eigenvalue weighted by Crippen LogP contribution is -2.14. The van der Waals surface area contributed by atoms with E-state index >= 15 is 0 Å². The summed E-state index contributed by atoms with van der Waals surface area (Å²) in [6.07, 6.45) is 3.79. The molecular formula is C14H23NS. The van der Waals surface area contributed by atoms with Gasteiger partial charge in [-0.2, -0.15) is 0 Å². The molecule has 0 aromatic heterocycles. The highest BCUT2D eigenvalue weighted by atomic mass is 32.2. The summed E-state index contributed by atoms with van der Waals surface area (Å²) in [5.41, 5.74) is 1.44. The van der Waals surface area contributed by atoms with E-state index in [2.05, 4.69) is 43.4 Å². The normalized spacial score (nSPS) is 10.6. The fraction of sp³-hybridized carbons (Fsp3) is 0.571. The molecule has 0 spiro atoms. The van der Waals surface area contributed by atoms with E-state index < -0.39 is 0 Å². The third kappa shape index (κ3) is 5.04. The molecule has 0 atom stereocenters. The molecular weight excluding hydrogens is 214 g/mol. The Morgan fingerprint density at radius 3 is 2.69 bits per heavy atom. The molecule has 0 bridgehead atoms. The van der Waals surface area contributed by atoms with Crippen molar-refractivity contribution in [3.05, 3.63) is 29.8 Å². The van der Waals surface area contributed by atoms with Crippen molar-refractivity contribution in [2.75, 3.05) is 12.3 Å². The van der Waals surface area contributed by atoms with Gasteiger partial charge in [0.05, 0.1) is 0 Å². The van der Waals surface area contributed by atoms with Crippen LogP contribution in [0.4, 0.5) is 0 Å². The number of unbranched alkanes of at least 4 members (excludes halogenated alkanes) is 1. The van der Waals surface area contributed by atoms with Gasteiger partial charge in [-0.3, -0.25) is 0 Å². The third-order valence-corrected chi connectivity index (χ3v) is 3.67. The van der Waals surface area contributed by atoms with Gasteiger partial charge in [-0.25, -0.2) is 0 Å². The second-order valence-electron chi connectivity index (χ2n) is 3.99. The van der Waals surface area contributed by atoms with Crippen LogP contribution in [0.15, 0.2) is 29.2 Å². The molecule has 0 heterocycles. The zero-order valence-corrected chi connectivity index (χ0v) is 11.3. The zero-order chi connectivity index (χ0) is 11.6. The van der Waals surface area contributed by atoms with E-state index in [1.54, 1.807) is 0 Å². The summed E-state index contributed by atoms with van der Waals surface area (Å²) in [6.45, 7) is 6.56. The Bertz CT molecular complexity index is 257. The Hall–Kier alpha value is -0.470. The number of hydrogen-bond acceptors (Lipinski definition) is 2. The van der Waals surface area contributed by atoms with E-state index in [1.165, 1.54) is 35.5 Å². The highest BCUT2D eigenvalue weighted by Gasteiger charge is 2.01. The van der Waals surface area contributed by atoms with Crippen molar-refractivity contribution < 1.29 is 0 Å². The van der Waals surface area contributed by atoms with Gasteiger partial charge >= 0.3 is 0 Å². The Balaban J connectivity index is 2.46. The second kappa shape index (κ2) is 8.66. The monoisotopic (exact) mass is 237 g/mol. The van der Waals surface area contributed by atoms with Gasteiger partial charge in [-0.15, -0.1) is 11.8 Å². The van der Waals surface area contributed by atoms with Crippen molar-refractivity contribution in [1.29, 1.82) is 0 Å². The quantitative estimate of drug-likeness (QED) is 0.540. The van der Waals surface area contributed by atoms with Crippen molar-refractivity contribution in [3.8, 4) is 0 Å². The molecule has 1 aromatic carbocycles. The summed E-state index contributed by atoms with van der Waals surface area (Å²) >= 11 is 1.99. The van der Waals surface area contributed by atoms with E-state index in [1.807, 2.05) is 11.8 Å². The highest BCUT2D eigenvalue weighted by molar-refractivity contribution is 7.99. The van der Waals surface area contributed by atoms with Gasteiger partial charge in [0.15, 0.2) is 0 Å². The molecule has 0 amide bonds. The molecule has 2 heteroatoms. The summed E-state index contributed by atoms with van der Waals surface area (Å²) < 4.78 is 0. The largest absolute Gasteiger partial charge is 0.313 e. The molecule has 0 aliphatic heterocycles. The number of hydrogen-bond donors (Lipinski definition) is 1. The fourth-order valence-corrected chi connectivity index (χ4v) is 2.67. The minimum Gasteiger partial charge on any atom is -0.313 e. The van der Waals surface area contributed by atoms with Crippen LogP contribution in [0.2, 0.25) is 0 Å². The molecule has 0 aliphatic rings. The second-order valence-corrected chi connectivity index (χ2v) is 5.12. The van der Waals surface area contributed by atoms with E-state index in [-0.39, 0.29) is 0 Å². The Kier molecular flexibility index (Phi) is 7.35. The van der Waals surface area contributed by atoms with Gasteiger partial charge in [0, 0.05) is 11.4 Å². The summed E-state index contributed by atoms with van der Waals surface area (Å²) in [4.78, 5) is 1.44. The standard InChI is InChI=1S/C14H23NS/c1-3-5-11-16-14-9-7-6-8-13(14)12-15-10-4-2/h6-9,15H,3-5,10-12H2,1-2H3. The van der Waals surface area contributed by atoms with Crippen molar-refractivity contribution in [2.45, 2.75) is 44.6 Å². The maximum Gasteiger partial charge on any atom is 0.0216 e. The maximum atomic E-state index is 3.47. The summed E-state index contributed by atoms with van der Waals surface area (Å²) in [7, 11) is 0. The Labute approximate surface area is 104 Å². The molecule has 1 N–H and O–H groups in total. The molecule has 90 valence electrons. The predicted molar refractivity (Wildman–Crippen MR) is 74.1 cm³/mol. The van der Waals surface area contributed by atoms with Crippen LogP contribution < -0.4 is 5.32 Å². The van der Waals surface area contributed by atoms with Crippen molar-refractivity contribution in [1.82, 2.24) is 5.32 Å². The van der Waals surface area contributed by atoms with Crippen LogP contribution >= 0.6 is 11.8 Å². The Morgan fingerprint density at radius 1 is 1.12 bits per heavy atom. The van der Waals surface area contributed by atoms with Gasteiger partial charge in [0.1, 0.15) is 0 Å². The van der Waals surface area contributed by atoms with E-state index in [0.29, 0.717) is 0 Å². The highest BCUT2D eigenvalue weighted by Crippen LogP contribution is 2.23. The smallest absolute Gasteiger partial charge is 0.0216 e. The number of nitrogens with one attached hydrogen (secondary N) is 1. The van der Waals surface area contributed by atoms with Crippen LogP contribution in [0.25, 0.3) is 0 Å². The van der Waals surface area contributed by atoms with E-state index in [9.17, 15) is 0 Å². The van der Waals surface area contributed by atoms with Gasteiger partial charge < -0.3 is 5.32 Å². The Morgan fingerprint density at radius 2 is 1.94 bits per heavy atom. The van der Waals surface area contributed by atoms with Gasteiger partial charge in [-0.05, 0) is 36.8 Å². The van der Waals surface area contributed by atoms with Crippen molar-refractivity contribution in [3.63, 3.8) is 0 Å². The molecule has 0 saturated carbocycles.